The number of H-pyrrole nitrogens is 1. The molecule has 0 saturated carbocycles. The number of aromatic nitrogens is 1. The van der Waals surface area contributed by atoms with Gasteiger partial charge in [-0.05, 0) is 11.6 Å². The monoisotopic (exact) mass is 220 g/mol. The number of aliphatic imine (C=N–C) groups is 2. The minimum absolute atomic E-state index is 0.124. The highest BCUT2D eigenvalue weighted by Gasteiger charge is 2.26. The molecule has 0 aliphatic carbocycles. The van der Waals surface area contributed by atoms with Gasteiger partial charge in [0.05, 0.1) is 0 Å². The predicted octanol–water partition coefficient (Wildman–Crippen LogP) is -1.31. The largest absolute Gasteiger partial charge is 0.370 e. The summed E-state index contributed by atoms with van der Waals surface area (Å²) < 4.78 is 0. The van der Waals surface area contributed by atoms with Gasteiger partial charge in [-0.15, -0.1) is 0 Å². The van der Waals surface area contributed by atoms with Crippen LogP contribution in [0.25, 0.3) is 0 Å². The lowest BCUT2D eigenvalue weighted by Gasteiger charge is -2.00. The smallest absolute Gasteiger partial charge is 0.252 e. The van der Waals surface area contributed by atoms with Crippen molar-refractivity contribution < 1.29 is 4.79 Å². The van der Waals surface area contributed by atoms with E-state index in [0.29, 0.717) is 6.42 Å². The van der Waals surface area contributed by atoms with Crippen LogP contribution < -0.4 is 16.8 Å². The van der Waals surface area contributed by atoms with E-state index >= 15 is 0 Å². The first-order chi connectivity index (χ1) is 7.65. The zero-order valence-corrected chi connectivity index (χ0v) is 8.47. The SMILES string of the molecule is NC(N)=NC1=NC(Cc2cc[nH]c2)C(=O)N1. The third-order valence-electron chi connectivity index (χ3n) is 2.14. The molecule has 0 saturated heterocycles. The summed E-state index contributed by atoms with van der Waals surface area (Å²) in [6.07, 6.45) is 4.14. The van der Waals surface area contributed by atoms with Crippen molar-refractivity contribution in [2.75, 3.05) is 0 Å². The Morgan fingerprint density at radius 2 is 2.38 bits per heavy atom. The third-order valence-corrected chi connectivity index (χ3v) is 2.14. The average molecular weight is 220 g/mol. The fraction of sp³-hybridized carbons (Fsp3) is 0.222. The second kappa shape index (κ2) is 4.05. The van der Waals surface area contributed by atoms with E-state index in [-0.39, 0.29) is 17.8 Å². The molecule has 1 amide bonds. The fourth-order valence-electron chi connectivity index (χ4n) is 1.46. The molecule has 7 heteroatoms. The number of rotatable bonds is 2. The van der Waals surface area contributed by atoms with Crippen molar-refractivity contribution in [2.45, 2.75) is 12.5 Å². The summed E-state index contributed by atoms with van der Waals surface area (Å²) in [4.78, 5) is 22.2. The van der Waals surface area contributed by atoms with E-state index in [4.69, 9.17) is 11.5 Å². The highest BCUT2D eigenvalue weighted by molar-refractivity contribution is 6.08. The second-order valence-electron chi connectivity index (χ2n) is 3.42. The number of nitrogens with two attached hydrogens (primary N) is 2. The van der Waals surface area contributed by atoms with E-state index < -0.39 is 6.04 Å². The molecule has 0 radical (unpaired) electrons. The Morgan fingerprint density at radius 3 is 3.00 bits per heavy atom. The van der Waals surface area contributed by atoms with Gasteiger partial charge in [-0.2, -0.15) is 4.99 Å². The first-order valence-electron chi connectivity index (χ1n) is 4.75. The summed E-state index contributed by atoms with van der Waals surface area (Å²) >= 11 is 0. The lowest BCUT2D eigenvalue weighted by atomic mass is 10.1. The second-order valence-corrected chi connectivity index (χ2v) is 3.42. The van der Waals surface area contributed by atoms with Crippen molar-refractivity contribution >= 4 is 17.8 Å². The third kappa shape index (κ3) is 2.19. The summed E-state index contributed by atoms with van der Waals surface area (Å²) in [5.41, 5.74) is 11.4. The number of hydrogen-bond donors (Lipinski definition) is 4. The molecule has 0 aromatic carbocycles. The molecule has 1 aliphatic heterocycles. The quantitative estimate of drug-likeness (QED) is 0.365. The Labute approximate surface area is 91.6 Å². The number of hydrogen-bond acceptors (Lipinski definition) is 3. The van der Waals surface area contributed by atoms with Gasteiger partial charge in [0.2, 0.25) is 5.96 Å². The Bertz CT molecular complexity index is 443. The first kappa shape index (κ1) is 10.2. The van der Waals surface area contributed by atoms with Crippen LogP contribution in [0.3, 0.4) is 0 Å². The molecule has 84 valence electrons. The Hall–Kier alpha value is -2.31. The number of nitrogens with one attached hydrogen (secondary N) is 2. The molecule has 1 aromatic rings. The van der Waals surface area contributed by atoms with Gasteiger partial charge in [-0.25, -0.2) is 4.99 Å². The first-order valence-corrected chi connectivity index (χ1v) is 4.75. The normalized spacial score (nSPS) is 19.1. The topological polar surface area (TPSA) is 122 Å². The van der Waals surface area contributed by atoms with Crippen molar-refractivity contribution in [3.8, 4) is 0 Å². The van der Waals surface area contributed by atoms with Crippen LogP contribution in [0.2, 0.25) is 0 Å². The Morgan fingerprint density at radius 1 is 1.56 bits per heavy atom. The average Bonchev–Trinajstić information content (AvgIpc) is 2.77. The van der Waals surface area contributed by atoms with Crippen LogP contribution in [0.1, 0.15) is 5.56 Å². The van der Waals surface area contributed by atoms with Crippen LogP contribution in [0, 0.1) is 0 Å². The highest BCUT2D eigenvalue weighted by atomic mass is 16.2. The molecule has 1 aliphatic rings. The molecule has 2 rings (SSSR count). The summed E-state index contributed by atoms with van der Waals surface area (Å²) in [5, 5.41) is 2.50. The molecule has 1 aromatic heterocycles. The maximum atomic E-state index is 11.5. The maximum Gasteiger partial charge on any atom is 0.252 e. The standard InChI is InChI=1S/C9H12N6O/c10-8(11)15-9-13-6(7(16)14-9)3-5-1-2-12-4-5/h1-2,4,6,12H,3H2,(H5,10,11,13,14,15,16). The number of amides is 1. The molecule has 1 unspecified atom stereocenters. The fourth-order valence-corrected chi connectivity index (χ4v) is 1.46. The van der Waals surface area contributed by atoms with Gasteiger partial charge in [0, 0.05) is 18.8 Å². The van der Waals surface area contributed by atoms with Crippen molar-refractivity contribution in [2.24, 2.45) is 21.5 Å². The molecule has 2 heterocycles. The molecule has 1 atom stereocenters. The van der Waals surface area contributed by atoms with Crippen LogP contribution in [0.5, 0.6) is 0 Å². The van der Waals surface area contributed by atoms with E-state index in [1.165, 1.54) is 0 Å². The minimum atomic E-state index is -0.464. The van der Waals surface area contributed by atoms with Crippen molar-refractivity contribution in [3.05, 3.63) is 24.0 Å². The van der Waals surface area contributed by atoms with Gasteiger partial charge in [0.25, 0.3) is 5.91 Å². The van der Waals surface area contributed by atoms with Crippen molar-refractivity contribution in [3.63, 3.8) is 0 Å². The number of carbonyl (C=O) groups is 1. The number of aromatic amines is 1. The van der Waals surface area contributed by atoms with Gasteiger partial charge in [0.15, 0.2) is 5.96 Å². The number of carbonyl (C=O) groups excluding carboxylic acids is 1. The van der Waals surface area contributed by atoms with Crippen LogP contribution in [-0.2, 0) is 11.2 Å². The van der Waals surface area contributed by atoms with E-state index in [0.717, 1.165) is 5.56 Å². The zero-order valence-electron chi connectivity index (χ0n) is 8.47. The Balaban J connectivity index is 2.08. The molecular formula is C9H12N6O. The van der Waals surface area contributed by atoms with Crippen molar-refractivity contribution in [1.82, 2.24) is 10.3 Å². The number of guanidine groups is 2. The van der Waals surface area contributed by atoms with Gasteiger partial charge in [0.1, 0.15) is 6.04 Å². The van der Waals surface area contributed by atoms with E-state index in [1.54, 1.807) is 6.20 Å². The lowest BCUT2D eigenvalue weighted by molar-refractivity contribution is -0.120. The van der Waals surface area contributed by atoms with Crippen LogP contribution >= 0.6 is 0 Å². The number of nitrogens with zero attached hydrogens (tertiary/aromatic N) is 2. The van der Waals surface area contributed by atoms with Crippen LogP contribution in [0.4, 0.5) is 0 Å². The maximum absolute atomic E-state index is 11.5. The summed E-state index contributed by atoms with van der Waals surface area (Å²) in [7, 11) is 0. The molecule has 0 fully saturated rings. The lowest BCUT2D eigenvalue weighted by Crippen LogP contribution is -2.31. The summed E-state index contributed by atoms with van der Waals surface area (Å²) in [6.45, 7) is 0. The molecule has 0 bridgehead atoms. The van der Waals surface area contributed by atoms with Crippen LogP contribution in [-0.4, -0.2) is 28.9 Å². The van der Waals surface area contributed by atoms with Crippen LogP contribution in [0.15, 0.2) is 28.4 Å². The van der Waals surface area contributed by atoms with E-state index in [1.807, 2.05) is 12.3 Å². The van der Waals surface area contributed by atoms with Gasteiger partial charge in [-0.1, -0.05) is 0 Å². The van der Waals surface area contributed by atoms with E-state index in [9.17, 15) is 4.79 Å². The molecule has 0 spiro atoms. The predicted molar refractivity (Wildman–Crippen MR) is 59.7 cm³/mol. The zero-order chi connectivity index (χ0) is 11.5. The highest BCUT2D eigenvalue weighted by Crippen LogP contribution is 2.09. The molecule has 7 nitrogen and oxygen atoms in total. The molecule has 6 N–H and O–H groups in total. The summed E-state index contributed by atoms with van der Waals surface area (Å²) in [6, 6.07) is 1.43. The van der Waals surface area contributed by atoms with Gasteiger partial charge in [-0.3, -0.25) is 10.1 Å². The Kier molecular flexibility index (Phi) is 2.59. The molecular weight excluding hydrogens is 208 g/mol. The van der Waals surface area contributed by atoms with Gasteiger partial charge >= 0.3 is 0 Å². The summed E-state index contributed by atoms with van der Waals surface area (Å²) in [5.74, 6) is -0.145. The van der Waals surface area contributed by atoms with Crippen molar-refractivity contribution in [1.29, 1.82) is 0 Å². The molecule has 16 heavy (non-hydrogen) atoms. The minimum Gasteiger partial charge on any atom is -0.370 e. The van der Waals surface area contributed by atoms with Gasteiger partial charge < -0.3 is 16.5 Å². The van der Waals surface area contributed by atoms with E-state index in [2.05, 4.69) is 20.3 Å².